The fourth-order valence-corrected chi connectivity index (χ4v) is 4.82. The molecular weight excluding hydrogens is 398 g/mol. The summed E-state index contributed by atoms with van der Waals surface area (Å²) in [5.74, 6) is -2.44. The summed E-state index contributed by atoms with van der Waals surface area (Å²) in [6, 6.07) is 10.3. The summed E-state index contributed by atoms with van der Waals surface area (Å²) < 4.78 is 54.2. The lowest BCUT2D eigenvalue weighted by Crippen LogP contribution is -2.50. The molecule has 0 bridgehead atoms. The lowest BCUT2D eigenvalue weighted by atomic mass is 9.86. The third-order valence-electron chi connectivity index (χ3n) is 5.04. The van der Waals surface area contributed by atoms with Crippen molar-refractivity contribution >= 4 is 15.9 Å². The summed E-state index contributed by atoms with van der Waals surface area (Å²) in [6.07, 6.45) is 0. The van der Waals surface area contributed by atoms with Crippen molar-refractivity contribution in [1.29, 1.82) is 0 Å². The van der Waals surface area contributed by atoms with E-state index in [9.17, 15) is 22.0 Å². The highest BCUT2D eigenvalue weighted by Crippen LogP contribution is 2.25. The van der Waals surface area contributed by atoms with Crippen LogP contribution in [-0.2, 0) is 15.4 Å². The van der Waals surface area contributed by atoms with Gasteiger partial charge >= 0.3 is 0 Å². The quantitative estimate of drug-likeness (QED) is 0.762. The zero-order chi connectivity index (χ0) is 21.4. The van der Waals surface area contributed by atoms with E-state index in [1.54, 1.807) is 17.0 Å². The molecule has 0 aliphatic carbocycles. The van der Waals surface area contributed by atoms with Gasteiger partial charge in [0, 0.05) is 31.7 Å². The van der Waals surface area contributed by atoms with Crippen LogP contribution in [0.2, 0.25) is 0 Å². The molecule has 0 saturated carbocycles. The molecule has 156 valence electrons. The Morgan fingerprint density at radius 3 is 1.90 bits per heavy atom. The zero-order valence-corrected chi connectivity index (χ0v) is 17.5. The number of piperazine rings is 1. The predicted molar refractivity (Wildman–Crippen MR) is 106 cm³/mol. The van der Waals surface area contributed by atoms with Crippen LogP contribution in [0.5, 0.6) is 0 Å². The zero-order valence-electron chi connectivity index (χ0n) is 16.7. The molecule has 0 atom stereocenters. The summed E-state index contributed by atoms with van der Waals surface area (Å²) in [5.41, 5.74) is 1.61. The van der Waals surface area contributed by atoms with E-state index in [2.05, 4.69) is 20.8 Å². The molecule has 2 aromatic rings. The number of hydrogen-bond donors (Lipinski definition) is 0. The number of benzene rings is 2. The molecule has 8 heteroatoms. The van der Waals surface area contributed by atoms with E-state index in [-0.39, 0.29) is 37.5 Å². The fourth-order valence-electron chi connectivity index (χ4n) is 3.28. The number of nitrogens with zero attached hydrogens (tertiary/aromatic N) is 2. The lowest BCUT2D eigenvalue weighted by Gasteiger charge is -2.34. The van der Waals surface area contributed by atoms with Crippen LogP contribution in [0.1, 0.15) is 36.7 Å². The van der Waals surface area contributed by atoms with E-state index in [4.69, 9.17) is 0 Å². The van der Waals surface area contributed by atoms with E-state index in [0.717, 1.165) is 28.1 Å². The minimum absolute atomic E-state index is 0.0243. The molecule has 0 N–H and O–H groups in total. The third kappa shape index (κ3) is 4.33. The SMILES string of the molecule is CC(C)(C)c1ccc(C(=O)N2CCN(S(=O)(=O)c3c(F)cccc3F)CC2)cc1. The van der Waals surface area contributed by atoms with Crippen LogP contribution in [0.15, 0.2) is 47.4 Å². The first-order valence-electron chi connectivity index (χ1n) is 9.36. The van der Waals surface area contributed by atoms with Crippen LogP contribution in [0.4, 0.5) is 8.78 Å². The minimum atomic E-state index is -4.31. The first-order chi connectivity index (χ1) is 13.5. The first-order valence-corrected chi connectivity index (χ1v) is 10.8. The first kappa shape index (κ1) is 21.4. The Kier molecular flexibility index (Phi) is 5.78. The van der Waals surface area contributed by atoms with Crippen molar-refractivity contribution in [2.45, 2.75) is 31.1 Å². The van der Waals surface area contributed by atoms with Crippen molar-refractivity contribution in [3.63, 3.8) is 0 Å². The molecule has 5 nitrogen and oxygen atoms in total. The van der Waals surface area contributed by atoms with E-state index < -0.39 is 26.6 Å². The molecular formula is C21H24F2N2O3S. The molecule has 0 radical (unpaired) electrons. The van der Waals surface area contributed by atoms with Gasteiger partial charge in [-0.1, -0.05) is 39.0 Å². The predicted octanol–water partition coefficient (Wildman–Crippen LogP) is 3.41. The summed E-state index contributed by atoms with van der Waals surface area (Å²) in [5, 5.41) is 0. The molecule has 0 aromatic heterocycles. The Balaban J connectivity index is 1.71. The van der Waals surface area contributed by atoms with Crippen molar-refractivity contribution in [2.24, 2.45) is 0 Å². The molecule has 3 rings (SSSR count). The number of sulfonamides is 1. The maximum atomic E-state index is 13.9. The number of carbonyl (C=O) groups is 1. The number of halogens is 2. The van der Waals surface area contributed by atoms with Crippen molar-refractivity contribution in [2.75, 3.05) is 26.2 Å². The van der Waals surface area contributed by atoms with Gasteiger partial charge in [0.05, 0.1) is 0 Å². The van der Waals surface area contributed by atoms with Crippen molar-refractivity contribution in [1.82, 2.24) is 9.21 Å². The topological polar surface area (TPSA) is 57.7 Å². The van der Waals surface area contributed by atoms with Gasteiger partial charge in [0.2, 0.25) is 10.0 Å². The smallest absolute Gasteiger partial charge is 0.253 e. The average Bonchev–Trinajstić information content (AvgIpc) is 2.66. The molecule has 1 aliphatic rings. The van der Waals surface area contributed by atoms with Crippen LogP contribution in [0.3, 0.4) is 0 Å². The highest BCUT2D eigenvalue weighted by molar-refractivity contribution is 7.89. The normalized spacial score (nSPS) is 16.1. The molecule has 1 heterocycles. The lowest BCUT2D eigenvalue weighted by molar-refractivity contribution is 0.0697. The average molecular weight is 422 g/mol. The van der Waals surface area contributed by atoms with Gasteiger partial charge in [0.25, 0.3) is 5.91 Å². The number of rotatable bonds is 3. The number of hydrogen-bond acceptors (Lipinski definition) is 3. The number of amides is 1. The van der Waals surface area contributed by atoms with E-state index in [1.165, 1.54) is 0 Å². The standard InChI is InChI=1S/C21H24F2N2O3S/c1-21(2,3)16-9-7-15(8-10-16)20(26)24-11-13-25(14-12-24)29(27,28)19-17(22)5-4-6-18(19)23/h4-10H,11-14H2,1-3H3. The second kappa shape index (κ2) is 7.84. The molecule has 29 heavy (non-hydrogen) atoms. The van der Waals surface area contributed by atoms with Crippen LogP contribution >= 0.6 is 0 Å². The highest BCUT2D eigenvalue weighted by Gasteiger charge is 2.34. The Hall–Kier alpha value is -2.32. The molecule has 0 spiro atoms. The Morgan fingerprint density at radius 2 is 1.41 bits per heavy atom. The van der Waals surface area contributed by atoms with Crippen LogP contribution < -0.4 is 0 Å². The summed E-state index contributed by atoms with van der Waals surface area (Å²) >= 11 is 0. The minimum Gasteiger partial charge on any atom is -0.336 e. The van der Waals surface area contributed by atoms with Crippen molar-refractivity contribution < 1.29 is 22.0 Å². The van der Waals surface area contributed by atoms with Gasteiger partial charge in [0.1, 0.15) is 11.6 Å². The maximum Gasteiger partial charge on any atom is 0.253 e. The van der Waals surface area contributed by atoms with Crippen molar-refractivity contribution in [3.05, 3.63) is 65.2 Å². The highest BCUT2D eigenvalue weighted by atomic mass is 32.2. The second-order valence-corrected chi connectivity index (χ2v) is 9.95. The molecule has 0 unspecified atom stereocenters. The molecule has 1 fully saturated rings. The molecule has 2 aromatic carbocycles. The number of carbonyl (C=O) groups excluding carboxylic acids is 1. The Morgan fingerprint density at radius 1 is 0.897 bits per heavy atom. The van der Waals surface area contributed by atoms with Gasteiger partial charge in [0.15, 0.2) is 4.90 Å². The van der Waals surface area contributed by atoms with Crippen LogP contribution in [0.25, 0.3) is 0 Å². The molecule has 1 saturated heterocycles. The Labute approximate surface area is 170 Å². The third-order valence-corrected chi connectivity index (χ3v) is 6.99. The summed E-state index contributed by atoms with van der Waals surface area (Å²) in [7, 11) is -4.31. The van der Waals surface area contributed by atoms with Gasteiger partial charge < -0.3 is 4.90 Å². The van der Waals surface area contributed by atoms with Gasteiger partial charge in [-0.2, -0.15) is 4.31 Å². The largest absolute Gasteiger partial charge is 0.336 e. The Bertz CT molecular complexity index is 987. The van der Waals surface area contributed by atoms with Gasteiger partial charge in [-0.15, -0.1) is 0 Å². The molecule has 1 aliphatic heterocycles. The summed E-state index contributed by atoms with van der Waals surface area (Å²) in [4.78, 5) is 13.3. The van der Waals surface area contributed by atoms with Gasteiger partial charge in [-0.3, -0.25) is 4.79 Å². The van der Waals surface area contributed by atoms with E-state index in [1.807, 2.05) is 12.1 Å². The van der Waals surface area contributed by atoms with Gasteiger partial charge in [-0.25, -0.2) is 17.2 Å². The van der Waals surface area contributed by atoms with E-state index >= 15 is 0 Å². The summed E-state index contributed by atoms with van der Waals surface area (Å²) in [6.45, 7) is 6.50. The second-order valence-electron chi connectivity index (χ2n) is 8.07. The van der Waals surface area contributed by atoms with Crippen LogP contribution in [-0.4, -0.2) is 49.7 Å². The maximum absolute atomic E-state index is 13.9. The van der Waals surface area contributed by atoms with Crippen molar-refractivity contribution in [3.8, 4) is 0 Å². The van der Waals surface area contributed by atoms with E-state index in [0.29, 0.717) is 5.56 Å². The molecule has 1 amide bonds. The van der Waals surface area contributed by atoms with Gasteiger partial charge in [-0.05, 0) is 35.2 Å². The fraction of sp³-hybridized carbons (Fsp3) is 0.381. The monoisotopic (exact) mass is 422 g/mol. The van der Waals surface area contributed by atoms with Crippen LogP contribution in [0, 0.1) is 11.6 Å².